The summed E-state index contributed by atoms with van der Waals surface area (Å²) in [5.74, 6) is 3.39. The van der Waals surface area contributed by atoms with E-state index in [0.717, 1.165) is 17.0 Å². The molecule has 1 N–H and O–H groups in total. The average molecular weight is 178 g/mol. The van der Waals surface area contributed by atoms with Crippen molar-refractivity contribution < 1.29 is 4.52 Å². The maximum atomic E-state index is 5.15. The highest BCUT2D eigenvalue weighted by molar-refractivity contribution is 5.24. The van der Waals surface area contributed by atoms with Gasteiger partial charge in [0, 0.05) is 11.6 Å². The smallest absolute Gasteiger partial charge is 0.138 e. The maximum absolute atomic E-state index is 5.15. The van der Waals surface area contributed by atoms with Crippen LogP contribution in [0.1, 0.15) is 30.0 Å². The molecule has 3 heteroatoms. The van der Waals surface area contributed by atoms with Crippen LogP contribution in [0.5, 0.6) is 0 Å². The highest BCUT2D eigenvalue weighted by Crippen LogP contribution is 2.20. The van der Waals surface area contributed by atoms with Crippen LogP contribution in [0.15, 0.2) is 4.52 Å². The van der Waals surface area contributed by atoms with Crippen molar-refractivity contribution in [2.75, 3.05) is 6.54 Å². The van der Waals surface area contributed by atoms with Crippen molar-refractivity contribution in [3.63, 3.8) is 0 Å². The zero-order valence-corrected chi connectivity index (χ0v) is 8.22. The molecule has 0 radical (unpaired) electrons. The Kier molecular flexibility index (Phi) is 3.10. The summed E-state index contributed by atoms with van der Waals surface area (Å²) in [5.41, 5.74) is 2.03. The van der Waals surface area contributed by atoms with Crippen LogP contribution in [0, 0.1) is 26.2 Å². The third-order valence-electron chi connectivity index (χ3n) is 2.03. The van der Waals surface area contributed by atoms with E-state index < -0.39 is 0 Å². The van der Waals surface area contributed by atoms with E-state index >= 15 is 0 Å². The molecule has 13 heavy (non-hydrogen) atoms. The summed E-state index contributed by atoms with van der Waals surface area (Å²) in [6.07, 6.45) is 5.15. The second kappa shape index (κ2) is 4.11. The first-order valence-electron chi connectivity index (χ1n) is 4.26. The van der Waals surface area contributed by atoms with Gasteiger partial charge < -0.3 is 4.52 Å². The number of aryl methyl sites for hydroxylation is 2. The molecule has 1 aromatic heterocycles. The molecule has 0 bridgehead atoms. The van der Waals surface area contributed by atoms with Crippen LogP contribution in [0.4, 0.5) is 0 Å². The zero-order chi connectivity index (χ0) is 9.84. The number of aromatic nitrogens is 1. The van der Waals surface area contributed by atoms with Gasteiger partial charge in [0.15, 0.2) is 0 Å². The molecule has 0 amide bonds. The Morgan fingerprint density at radius 2 is 2.31 bits per heavy atom. The minimum atomic E-state index is 0.197. The third-order valence-corrected chi connectivity index (χ3v) is 2.03. The van der Waals surface area contributed by atoms with Crippen molar-refractivity contribution in [2.45, 2.75) is 26.8 Å². The van der Waals surface area contributed by atoms with E-state index in [1.54, 1.807) is 0 Å². The SMILES string of the molecule is C#CCNC(C)c1c(C)noc1C. The Balaban J connectivity index is 2.76. The fraction of sp³-hybridized carbons (Fsp3) is 0.500. The molecule has 0 aliphatic carbocycles. The van der Waals surface area contributed by atoms with Crippen LogP contribution < -0.4 is 5.32 Å². The van der Waals surface area contributed by atoms with Crippen molar-refractivity contribution in [1.82, 2.24) is 10.5 Å². The summed E-state index contributed by atoms with van der Waals surface area (Å²) in [6, 6.07) is 0.197. The molecule has 1 aromatic rings. The molecule has 1 heterocycles. The Morgan fingerprint density at radius 1 is 1.62 bits per heavy atom. The molecule has 0 saturated carbocycles. The van der Waals surface area contributed by atoms with Crippen molar-refractivity contribution in [3.05, 3.63) is 17.0 Å². The zero-order valence-electron chi connectivity index (χ0n) is 8.22. The lowest BCUT2D eigenvalue weighted by Crippen LogP contribution is -2.19. The summed E-state index contributed by atoms with van der Waals surface area (Å²) < 4.78 is 5.05. The van der Waals surface area contributed by atoms with Gasteiger partial charge in [-0.25, -0.2) is 0 Å². The number of nitrogens with zero attached hydrogens (tertiary/aromatic N) is 1. The second-order valence-corrected chi connectivity index (χ2v) is 3.04. The average Bonchev–Trinajstić information content (AvgIpc) is 2.42. The van der Waals surface area contributed by atoms with Gasteiger partial charge >= 0.3 is 0 Å². The number of rotatable bonds is 3. The van der Waals surface area contributed by atoms with E-state index in [0.29, 0.717) is 6.54 Å². The van der Waals surface area contributed by atoms with Gasteiger partial charge in [0.1, 0.15) is 5.76 Å². The molecule has 0 saturated heterocycles. The Morgan fingerprint density at radius 3 is 2.77 bits per heavy atom. The van der Waals surface area contributed by atoms with Crippen LogP contribution in [-0.2, 0) is 0 Å². The molecular weight excluding hydrogens is 164 g/mol. The molecular formula is C10H14N2O. The summed E-state index contributed by atoms with van der Waals surface area (Å²) in [7, 11) is 0. The van der Waals surface area contributed by atoms with E-state index in [-0.39, 0.29) is 6.04 Å². The largest absolute Gasteiger partial charge is 0.361 e. The standard InChI is InChI=1S/C10H14N2O/c1-5-6-11-7(2)10-8(3)12-13-9(10)4/h1,7,11H,6H2,2-4H3. The number of terminal acetylenes is 1. The van der Waals surface area contributed by atoms with Gasteiger partial charge in [0.05, 0.1) is 12.2 Å². The third kappa shape index (κ3) is 2.10. The maximum Gasteiger partial charge on any atom is 0.138 e. The highest BCUT2D eigenvalue weighted by Gasteiger charge is 2.14. The van der Waals surface area contributed by atoms with Gasteiger partial charge in [0.25, 0.3) is 0 Å². The lowest BCUT2D eigenvalue weighted by Gasteiger charge is -2.10. The molecule has 1 atom stereocenters. The van der Waals surface area contributed by atoms with E-state index in [9.17, 15) is 0 Å². The van der Waals surface area contributed by atoms with Gasteiger partial charge in [-0.05, 0) is 20.8 Å². The van der Waals surface area contributed by atoms with Crippen LogP contribution in [0.25, 0.3) is 0 Å². The topological polar surface area (TPSA) is 38.1 Å². The van der Waals surface area contributed by atoms with Gasteiger partial charge in [-0.15, -0.1) is 6.42 Å². The van der Waals surface area contributed by atoms with Gasteiger partial charge in [0.2, 0.25) is 0 Å². The summed E-state index contributed by atoms with van der Waals surface area (Å²) in [4.78, 5) is 0. The summed E-state index contributed by atoms with van der Waals surface area (Å²) in [6.45, 7) is 6.44. The fourth-order valence-electron chi connectivity index (χ4n) is 1.42. The Labute approximate surface area is 78.5 Å². The Bertz CT molecular complexity index is 303. The van der Waals surface area contributed by atoms with Gasteiger partial charge in [-0.2, -0.15) is 0 Å². The molecule has 0 aliphatic heterocycles. The first-order valence-corrected chi connectivity index (χ1v) is 4.26. The minimum absolute atomic E-state index is 0.197. The number of nitrogens with one attached hydrogen (secondary N) is 1. The van der Waals surface area contributed by atoms with E-state index in [4.69, 9.17) is 10.9 Å². The number of hydrogen-bond acceptors (Lipinski definition) is 3. The minimum Gasteiger partial charge on any atom is -0.361 e. The van der Waals surface area contributed by atoms with E-state index in [1.807, 2.05) is 20.8 Å². The van der Waals surface area contributed by atoms with Crippen molar-refractivity contribution >= 4 is 0 Å². The van der Waals surface area contributed by atoms with Gasteiger partial charge in [-0.3, -0.25) is 5.32 Å². The molecule has 0 spiro atoms. The predicted octanol–water partition coefficient (Wildman–Crippen LogP) is 1.58. The van der Waals surface area contributed by atoms with Crippen molar-refractivity contribution in [2.24, 2.45) is 0 Å². The first-order chi connectivity index (χ1) is 6.16. The molecule has 1 unspecified atom stereocenters. The molecule has 0 aliphatic rings. The van der Waals surface area contributed by atoms with Gasteiger partial charge in [-0.1, -0.05) is 11.1 Å². The van der Waals surface area contributed by atoms with Crippen molar-refractivity contribution in [1.29, 1.82) is 0 Å². The summed E-state index contributed by atoms with van der Waals surface area (Å²) >= 11 is 0. The normalized spacial score (nSPS) is 12.5. The quantitative estimate of drug-likeness (QED) is 0.714. The van der Waals surface area contributed by atoms with Crippen LogP contribution in [0.3, 0.4) is 0 Å². The summed E-state index contributed by atoms with van der Waals surface area (Å²) in [5, 5.41) is 7.06. The van der Waals surface area contributed by atoms with E-state index in [2.05, 4.69) is 16.4 Å². The second-order valence-electron chi connectivity index (χ2n) is 3.04. The monoisotopic (exact) mass is 178 g/mol. The number of hydrogen-bond donors (Lipinski definition) is 1. The molecule has 3 nitrogen and oxygen atoms in total. The molecule has 70 valence electrons. The molecule has 1 rings (SSSR count). The van der Waals surface area contributed by atoms with Crippen LogP contribution in [-0.4, -0.2) is 11.7 Å². The lowest BCUT2D eigenvalue weighted by molar-refractivity contribution is 0.391. The molecule has 0 fully saturated rings. The predicted molar refractivity (Wildman–Crippen MR) is 51.2 cm³/mol. The molecule has 0 aromatic carbocycles. The van der Waals surface area contributed by atoms with Crippen LogP contribution in [0.2, 0.25) is 0 Å². The highest BCUT2D eigenvalue weighted by atomic mass is 16.5. The lowest BCUT2D eigenvalue weighted by atomic mass is 10.1. The Hall–Kier alpha value is -1.27. The van der Waals surface area contributed by atoms with Crippen LogP contribution >= 0.6 is 0 Å². The van der Waals surface area contributed by atoms with Crippen molar-refractivity contribution in [3.8, 4) is 12.3 Å². The first kappa shape index (κ1) is 9.82. The fourth-order valence-corrected chi connectivity index (χ4v) is 1.42. The van der Waals surface area contributed by atoms with E-state index in [1.165, 1.54) is 0 Å².